The van der Waals surface area contributed by atoms with Crippen LogP contribution in [-0.2, 0) is 6.54 Å². The highest BCUT2D eigenvalue weighted by molar-refractivity contribution is 7.12. The standard InChI is InChI=1S/C11H16N2OS/c1-3-11(2,8-14)13-7-10-5-4-9(6-12)15-10/h4-5,13-14H,3,7-8H2,1-2H3. The Kier molecular flexibility index (Phi) is 4.28. The van der Waals surface area contributed by atoms with E-state index in [2.05, 4.69) is 11.4 Å². The zero-order chi connectivity index (χ0) is 11.3. The molecule has 0 fully saturated rings. The van der Waals surface area contributed by atoms with Gasteiger partial charge in [-0.1, -0.05) is 6.92 Å². The van der Waals surface area contributed by atoms with E-state index in [1.54, 1.807) is 0 Å². The molecule has 3 nitrogen and oxygen atoms in total. The molecule has 0 bridgehead atoms. The molecule has 4 heteroatoms. The summed E-state index contributed by atoms with van der Waals surface area (Å²) < 4.78 is 0. The lowest BCUT2D eigenvalue weighted by Crippen LogP contribution is -2.44. The van der Waals surface area contributed by atoms with Crippen LogP contribution < -0.4 is 5.32 Å². The van der Waals surface area contributed by atoms with Crippen LogP contribution >= 0.6 is 11.3 Å². The molecular formula is C11H16N2OS. The minimum absolute atomic E-state index is 0.125. The Hall–Kier alpha value is -0.890. The molecule has 1 atom stereocenters. The minimum Gasteiger partial charge on any atom is -0.394 e. The number of hydrogen-bond donors (Lipinski definition) is 2. The van der Waals surface area contributed by atoms with Gasteiger partial charge in [0.2, 0.25) is 0 Å². The second-order valence-corrected chi connectivity index (χ2v) is 4.97. The van der Waals surface area contributed by atoms with Gasteiger partial charge in [0.25, 0.3) is 0 Å². The molecule has 0 radical (unpaired) electrons. The monoisotopic (exact) mass is 224 g/mol. The van der Waals surface area contributed by atoms with Crippen molar-refractivity contribution in [3.63, 3.8) is 0 Å². The first-order valence-electron chi connectivity index (χ1n) is 4.98. The summed E-state index contributed by atoms with van der Waals surface area (Å²) in [6.45, 7) is 4.86. The molecule has 0 aliphatic heterocycles. The highest BCUT2D eigenvalue weighted by Gasteiger charge is 2.19. The third kappa shape index (κ3) is 3.31. The van der Waals surface area contributed by atoms with Gasteiger partial charge >= 0.3 is 0 Å². The molecule has 0 spiro atoms. The summed E-state index contributed by atoms with van der Waals surface area (Å²) in [5.41, 5.74) is -0.225. The van der Waals surface area contributed by atoms with Crippen LogP contribution in [-0.4, -0.2) is 17.3 Å². The van der Waals surface area contributed by atoms with E-state index >= 15 is 0 Å². The van der Waals surface area contributed by atoms with Crippen molar-refractivity contribution in [2.24, 2.45) is 0 Å². The topological polar surface area (TPSA) is 56.0 Å². The molecule has 0 amide bonds. The Morgan fingerprint density at radius 3 is 2.80 bits per heavy atom. The van der Waals surface area contributed by atoms with Crippen LogP contribution in [0.4, 0.5) is 0 Å². The maximum atomic E-state index is 9.20. The van der Waals surface area contributed by atoms with Crippen molar-refractivity contribution in [1.82, 2.24) is 5.32 Å². The molecule has 82 valence electrons. The number of thiophene rings is 1. The largest absolute Gasteiger partial charge is 0.394 e. The Bertz CT molecular complexity index is 350. The Balaban J connectivity index is 2.53. The second-order valence-electron chi connectivity index (χ2n) is 3.80. The number of aliphatic hydroxyl groups excluding tert-OH is 1. The summed E-state index contributed by atoms with van der Waals surface area (Å²) in [4.78, 5) is 1.86. The fourth-order valence-corrected chi connectivity index (χ4v) is 1.87. The van der Waals surface area contributed by atoms with Crippen molar-refractivity contribution < 1.29 is 5.11 Å². The van der Waals surface area contributed by atoms with Crippen LogP contribution in [0.2, 0.25) is 0 Å². The summed E-state index contributed by atoms with van der Waals surface area (Å²) >= 11 is 1.49. The van der Waals surface area contributed by atoms with E-state index in [1.165, 1.54) is 11.3 Å². The Morgan fingerprint density at radius 2 is 2.33 bits per heavy atom. The summed E-state index contributed by atoms with van der Waals surface area (Å²) in [6, 6.07) is 5.89. The van der Waals surface area contributed by atoms with Gasteiger partial charge in [0.1, 0.15) is 10.9 Å². The fraction of sp³-hybridized carbons (Fsp3) is 0.545. The van der Waals surface area contributed by atoms with Crippen LogP contribution in [0.25, 0.3) is 0 Å². The number of hydrogen-bond acceptors (Lipinski definition) is 4. The molecule has 0 saturated heterocycles. The molecule has 0 saturated carbocycles. The van der Waals surface area contributed by atoms with Gasteiger partial charge in [-0.3, -0.25) is 0 Å². The molecule has 1 rings (SSSR count). The number of rotatable bonds is 5. The molecule has 1 aromatic rings. The first-order valence-corrected chi connectivity index (χ1v) is 5.80. The average molecular weight is 224 g/mol. The Morgan fingerprint density at radius 1 is 1.60 bits per heavy atom. The van der Waals surface area contributed by atoms with Crippen molar-refractivity contribution >= 4 is 11.3 Å². The second kappa shape index (κ2) is 5.26. The minimum atomic E-state index is -0.225. The lowest BCUT2D eigenvalue weighted by atomic mass is 10.0. The van der Waals surface area contributed by atoms with E-state index < -0.39 is 0 Å². The molecule has 1 unspecified atom stereocenters. The van der Waals surface area contributed by atoms with Gasteiger partial charge in [0.15, 0.2) is 0 Å². The van der Waals surface area contributed by atoms with E-state index in [9.17, 15) is 5.11 Å². The van der Waals surface area contributed by atoms with E-state index in [1.807, 2.05) is 26.0 Å². The smallest absolute Gasteiger partial charge is 0.110 e. The first-order chi connectivity index (χ1) is 7.13. The first kappa shape index (κ1) is 12.2. The normalized spacial score (nSPS) is 14.5. The third-order valence-electron chi connectivity index (χ3n) is 2.59. The van der Waals surface area contributed by atoms with Crippen molar-refractivity contribution in [3.05, 3.63) is 21.9 Å². The zero-order valence-corrected chi connectivity index (χ0v) is 9.90. The van der Waals surface area contributed by atoms with Gasteiger partial charge in [-0.25, -0.2) is 0 Å². The highest BCUT2D eigenvalue weighted by Crippen LogP contribution is 2.17. The van der Waals surface area contributed by atoms with Gasteiger partial charge in [-0.05, 0) is 25.5 Å². The van der Waals surface area contributed by atoms with Gasteiger partial charge in [0.05, 0.1) is 6.61 Å². The predicted octanol–water partition coefficient (Wildman–Crippen LogP) is 1.87. The summed E-state index contributed by atoms with van der Waals surface area (Å²) in [7, 11) is 0. The number of nitrogens with one attached hydrogen (secondary N) is 1. The average Bonchev–Trinajstić information content (AvgIpc) is 2.74. The molecule has 0 aliphatic carbocycles. The number of nitrogens with zero attached hydrogens (tertiary/aromatic N) is 1. The van der Waals surface area contributed by atoms with Crippen LogP contribution in [0, 0.1) is 11.3 Å². The maximum Gasteiger partial charge on any atom is 0.110 e. The Labute approximate surface area is 94.4 Å². The van der Waals surface area contributed by atoms with Crippen molar-refractivity contribution in [1.29, 1.82) is 5.26 Å². The molecule has 15 heavy (non-hydrogen) atoms. The van der Waals surface area contributed by atoms with Gasteiger partial charge < -0.3 is 10.4 Å². The van der Waals surface area contributed by atoms with E-state index in [-0.39, 0.29) is 12.1 Å². The third-order valence-corrected chi connectivity index (χ3v) is 3.58. The van der Waals surface area contributed by atoms with Gasteiger partial charge in [-0.15, -0.1) is 11.3 Å². The lowest BCUT2D eigenvalue weighted by molar-refractivity contribution is 0.169. The van der Waals surface area contributed by atoms with Crippen LogP contribution in [0.15, 0.2) is 12.1 Å². The fourth-order valence-electron chi connectivity index (χ4n) is 1.13. The number of nitriles is 1. The van der Waals surface area contributed by atoms with E-state index in [0.717, 1.165) is 16.2 Å². The van der Waals surface area contributed by atoms with E-state index in [4.69, 9.17) is 5.26 Å². The predicted molar refractivity (Wildman–Crippen MR) is 61.7 cm³/mol. The lowest BCUT2D eigenvalue weighted by Gasteiger charge is -2.26. The van der Waals surface area contributed by atoms with Crippen LogP contribution in [0.5, 0.6) is 0 Å². The van der Waals surface area contributed by atoms with Crippen molar-refractivity contribution in [3.8, 4) is 6.07 Å². The van der Waals surface area contributed by atoms with Crippen LogP contribution in [0.3, 0.4) is 0 Å². The van der Waals surface area contributed by atoms with Gasteiger partial charge in [0, 0.05) is 17.0 Å². The molecule has 0 aliphatic rings. The van der Waals surface area contributed by atoms with Gasteiger partial charge in [-0.2, -0.15) is 5.26 Å². The zero-order valence-electron chi connectivity index (χ0n) is 9.08. The SMILES string of the molecule is CCC(C)(CO)NCc1ccc(C#N)s1. The quantitative estimate of drug-likeness (QED) is 0.802. The maximum absolute atomic E-state index is 9.20. The summed E-state index contributed by atoms with van der Waals surface area (Å²) in [5.74, 6) is 0. The van der Waals surface area contributed by atoms with Crippen molar-refractivity contribution in [2.45, 2.75) is 32.4 Å². The van der Waals surface area contributed by atoms with Crippen LogP contribution in [0.1, 0.15) is 30.0 Å². The highest BCUT2D eigenvalue weighted by atomic mass is 32.1. The number of aliphatic hydroxyl groups is 1. The molecule has 2 N–H and O–H groups in total. The molecule has 1 aromatic heterocycles. The molecule has 1 heterocycles. The summed E-state index contributed by atoms with van der Waals surface area (Å²) in [5, 5.41) is 21.2. The van der Waals surface area contributed by atoms with E-state index in [0.29, 0.717) is 6.54 Å². The summed E-state index contributed by atoms with van der Waals surface area (Å²) in [6.07, 6.45) is 0.875. The molecule has 0 aromatic carbocycles. The van der Waals surface area contributed by atoms with Crippen molar-refractivity contribution in [2.75, 3.05) is 6.61 Å². The molecular weight excluding hydrogens is 208 g/mol.